The van der Waals surface area contributed by atoms with E-state index in [1.54, 1.807) is 19.1 Å². The molecule has 6 heteroatoms. The van der Waals surface area contributed by atoms with Gasteiger partial charge >= 0.3 is 5.69 Å². The van der Waals surface area contributed by atoms with E-state index in [1.165, 1.54) is 6.07 Å². The molecular weight excluding hydrogens is 258 g/mol. The Labute approximate surface area is 117 Å². The summed E-state index contributed by atoms with van der Waals surface area (Å²) >= 11 is 0. The van der Waals surface area contributed by atoms with Gasteiger partial charge < -0.3 is 9.64 Å². The minimum atomic E-state index is -0.439. The molecule has 0 radical (unpaired) electrons. The summed E-state index contributed by atoms with van der Waals surface area (Å²) in [5.41, 5.74) is 0.864. The van der Waals surface area contributed by atoms with Crippen molar-refractivity contribution in [2.45, 2.75) is 32.2 Å². The van der Waals surface area contributed by atoms with Crippen LogP contribution in [0.4, 0.5) is 11.4 Å². The molecule has 0 saturated heterocycles. The van der Waals surface area contributed by atoms with E-state index in [0.717, 1.165) is 18.5 Å². The molecule has 0 bridgehead atoms. The lowest BCUT2D eigenvalue weighted by molar-refractivity contribution is -0.385. The van der Waals surface area contributed by atoms with Crippen LogP contribution in [0.1, 0.15) is 26.2 Å². The maximum Gasteiger partial charge on any atom is 0.311 e. The van der Waals surface area contributed by atoms with Crippen molar-refractivity contribution >= 4 is 11.4 Å². The van der Waals surface area contributed by atoms with Crippen LogP contribution in [0.3, 0.4) is 0 Å². The van der Waals surface area contributed by atoms with Gasteiger partial charge in [0, 0.05) is 30.4 Å². The Kier molecular flexibility index (Phi) is 4.41. The van der Waals surface area contributed by atoms with Crippen LogP contribution >= 0.6 is 0 Å². The highest BCUT2D eigenvalue weighted by Crippen LogP contribution is 2.36. The van der Waals surface area contributed by atoms with Crippen LogP contribution in [-0.2, 0) is 0 Å². The van der Waals surface area contributed by atoms with E-state index >= 15 is 0 Å². The van der Waals surface area contributed by atoms with Gasteiger partial charge in [-0.1, -0.05) is 0 Å². The number of nitro benzene ring substituents is 1. The highest BCUT2D eigenvalue weighted by atomic mass is 16.6. The SMILES string of the molecule is CCOc1cc(N(CCC#N)C2CC2)ccc1[N+](=O)[O-]. The second-order valence-electron chi connectivity index (χ2n) is 4.67. The molecule has 1 aliphatic carbocycles. The van der Waals surface area contributed by atoms with Gasteiger partial charge in [0.25, 0.3) is 0 Å². The number of anilines is 1. The van der Waals surface area contributed by atoms with Crippen LogP contribution in [0.25, 0.3) is 0 Å². The monoisotopic (exact) mass is 275 g/mol. The first-order valence-electron chi connectivity index (χ1n) is 6.72. The van der Waals surface area contributed by atoms with Crippen molar-refractivity contribution < 1.29 is 9.66 Å². The van der Waals surface area contributed by atoms with Gasteiger partial charge in [-0.25, -0.2) is 0 Å². The highest BCUT2D eigenvalue weighted by Gasteiger charge is 2.30. The van der Waals surface area contributed by atoms with Gasteiger partial charge in [-0.3, -0.25) is 10.1 Å². The first-order chi connectivity index (χ1) is 9.67. The maximum absolute atomic E-state index is 11.0. The molecule has 0 aliphatic heterocycles. The molecular formula is C14H17N3O3. The average molecular weight is 275 g/mol. The third kappa shape index (κ3) is 3.18. The van der Waals surface area contributed by atoms with Gasteiger partial charge in [0.05, 0.1) is 24.0 Å². The maximum atomic E-state index is 11.0. The largest absolute Gasteiger partial charge is 0.487 e. The van der Waals surface area contributed by atoms with Gasteiger partial charge in [-0.15, -0.1) is 0 Å². The summed E-state index contributed by atoms with van der Waals surface area (Å²) in [7, 11) is 0. The van der Waals surface area contributed by atoms with Crippen LogP contribution in [0.2, 0.25) is 0 Å². The van der Waals surface area contributed by atoms with Crippen LogP contribution in [0.15, 0.2) is 18.2 Å². The first-order valence-corrected chi connectivity index (χ1v) is 6.72. The number of nitrogens with zero attached hydrogens (tertiary/aromatic N) is 3. The number of ether oxygens (including phenoxy) is 1. The molecule has 0 spiro atoms. The summed E-state index contributed by atoms with van der Waals surface area (Å²) in [5, 5.41) is 19.7. The Morgan fingerprint density at radius 3 is 2.85 bits per heavy atom. The molecule has 0 unspecified atom stereocenters. The van der Waals surface area contributed by atoms with Crippen LogP contribution in [0.5, 0.6) is 5.75 Å². The lowest BCUT2D eigenvalue weighted by Gasteiger charge is -2.24. The molecule has 0 atom stereocenters. The molecule has 0 heterocycles. The molecule has 0 N–H and O–H groups in total. The zero-order chi connectivity index (χ0) is 14.5. The Morgan fingerprint density at radius 2 is 2.30 bits per heavy atom. The Bertz CT molecular complexity index is 535. The number of hydrogen-bond donors (Lipinski definition) is 0. The minimum absolute atomic E-state index is 0.0216. The Balaban J connectivity index is 2.28. The number of rotatable bonds is 7. The zero-order valence-electron chi connectivity index (χ0n) is 11.4. The van der Waals surface area contributed by atoms with Crippen molar-refractivity contribution in [1.29, 1.82) is 5.26 Å². The summed E-state index contributed by atoms with van der Waals surface area (Å²) in [5.74, 6) is 0.289. The quantitative estimate of drug-likeness (QED) is 0.564. The Morgan fingerprint density at radius 1 is 1.55 bits per heavy atom. The van der Waals surface area contributed by atoms with E-state index in [1.807, 2.05) is 0 Å². The van der Waals surface area contributed by atoms with Crippen molar-refractivity contribution in [2.75, 3.05) is 18.1 Å². The molecule has 106 valence electrons. The van der Waals surface area contributed by atoms with E-state index in [9.17, 15) is 10.1 Å². The van der Waals surface area contributed by atoms with Crippen LogP contribution in [-0.4, -0.2) is 24.1 Å². The minimum Gasteiger partial charge on any atom is -0.487 e. The number of benzene rings is 1. The molecule has 20 heavy (non-hydrogen) atoms. The third-order valence-corrected chi connectivity index (χ3v) is 3.22. The van der Waals surface area contributed by atoms with E-state index in [-0.39, 0.29) is 11.4 Å². The van der Waals surface area contributed by atoms with Gasteiger partial charge in [-0.2, -0.15) is 5.26 Å². The second kappa shape index (κ2) is 6.24. The Hall–Kier alpha value is -2.29. The normalized spacial score (nSPS) is 13.6. The standard InChI is InChI=1S/C14H17N3O3/c1-2-20-14-10-12(6-7-13(14)17(18)19)16(9-3-8-15)11-4-5-11/h6-7,10-11H,2-5,9H2,1H3. The molecule has 6 nitrogen and oxygen atoms in total. The molecule has 1 fully saturated rings. The lowest BCUT2D eigenvalue weighted by Crippen LogP contribution is -2.26. The summed E-state index contributed by atoms with van der Waals surface area (Å²) in [6.45, 7) is 2.82. The predicted molar refractivity (Wildman–Crippen MR) is 74.9 cm³/mol. The lowest BCUT2D eigenvalue weighted by atomic mass is 10.2. The summed E-state index contributed by atoms with van der Waals surface area (Å²) in [6.07, 6.45) is 2.65. The van der Waals surface area contributed by atoms with E-state index < -0.39 is 4.92 Å². The topological polar surface area (TPSA) is 79.4 Å². The predicted octanol–water partition coefficient (Wildman–Crippen LogP) is 2.88. The van der Waals surface area contributed by atoms with E-state index in [4.69, 9.17) is 10.00 Å². The van der Waals surface area contributed by atoms with Crippen molar-refractivity contribution in [3.8, 4) is 11.8 Å². The summed E-state index contributed by atoms with van der Waals surface area (Å²) in [6, 6.07) is 7.50. The van der Waals surface area contributed by atoms with Crippen molar-refractivity contribution in [2.24, 2.45) is 0 Å². The van der Waals surface area contributed by atoms with Crippen molar-refractivity contribution in [1.82, 2.24) is 0 Å². The molecule has 2 rings (SSSR count). The van der Waals surface area contributed by atoms with Crippen molar-refractivity contribution in [3.05, 3.63) is 28.3 Å². The number of nitriles is 1. The molecule has 1 aromatic rings. The van der Waals surface area contributed by atoms with Gasteiger partial charge in [0.1, 0.15) is 0 Å². The molecule has 0 aromatic heterocycles. The second-order valence-corrected chi connectivity index (χ2v) is 4.67. The van der Waals surface area contributed by atoms with Gasteiger partial charge in [0.15, 0.2) is 5.75 Å². The highest BCUT2D eigenvalue weighted by molar-refractivity contribution is 5.60. The van der Waals surface area contributed by atoms with Crippen LogP contribution in [0, 0.1) is 21.4 Å². The first kappa shape index (κ1) is 14.1. The zero-order valence-corrected chi connectivity index (χ0v) is 11.4. The van der Waals surface area contributed by atoms with Crippen molar-refractivity contribution in [3.63, 3.8) is 0 Å². The molecule has 1 aliphatic rings. The smallest absolute Gasteiger partial charge is 0.311 e. The van der Waals surface area contributed by atoms with E-state index in [2.05, 4.69) is 11.0 Å². The average Bonchev–Trinajstić information content (AvgIpc) is 3.24. The van der Waals surface area contributed by atoms with Gasteiger partial charge in [-0.05, 0) is 25.8 Å². The summed E-state index contributed by atoms with van der Waals surface area (Å²) < 4.78 is 5.36. The summed E-state index contributed by atoms with van der Waals surface area (Å²) in [4.78, 5) is 12.7. The fourth-order valence-electron chi connectivity index (χ4n) is 2.18. The fourth-order valence-corrected chi connectivity index (χ4v) is 2.18. The fraction of sp³-hybridized carbons (Fsp3) is 0.500. The van der Waals surface area contributed by atoms with E-state index in [0.29, 0.717) is 25.6 Å². The van der Waals surface area contributed by atoms with Crippen LogP contribution < -0.4 is 9.64 Å². The molecule has 1 saturated carbocycles. The van der Waals surface area contributed by atoms with Gasteiger partial charge in [0.2, 0.25) is 0 Å². The number of hydrogen-bond acceptors (Lipinski definition) is 5. The number of nitro groups is 1. The third-order valence-electron chi connectivity index (χ3n) is 3.22. The molecule has 0 amide bonds. The molecule has 1 aromatic carbocycles.